The van der Waals surface area contributed by atoms with E-state index in [4.69, 9.17) is 5.11 Å². The summed E-state index contributed by atoms with van der Waals surface area (Å²) in [6, 6.07) is 7.91. The van der Waals surface area contributed by atoms with Crippen LogP contribution in [0.25, 0.3) is 0 Å². The van der Waals surface area contributed by atoms with Crippen molar-refractivity contribution < 1.29 is 5.11 Å². The molecule has 1 aromatic carbocycles. The lowest BCUT2D eigenvalue weighted by atomic mass is 10.2. The fourth-order valence-corrected chi connectivity index (χ4v) is 2.35. The normalized spacial score (nSPS) is 10.7. The van der Waals surface area contributed by atoms with E-state index in [2.05, 4.69) is 17.0 Å². The van der Waals surface area contributed by atoms with Gasteiger partial charge >= 0.3 is 0 Å². The molecule has 0 bridgehead atoms. The highest BCUT2D eigenvalue weighted by Crippen LogP contribution is 2.22. The Morgan fingerprint density at radius 3 is 2.71 bits per heavy atom. The second kappa shape index (κ2) is 5.84. The fraction of sp³-hybridized carbons (Fsp3) is 0.333. The molecule has 2 aromatic rings. The summed E-state index contributed by atoms with van der Waals surface area (Å²) in [5, 5.41) is 13.1. The van der Waals surface area contributed by atoms with Gasteiger partial charge in [-0.05, 0) is 24.6 Å². The summed E-state index contributed by atoms with van der Waals surface area (Å²) >= 11 is 1.72. The topological polar surface area (TPSA) is 50.9 Å². The van der Waals surface area contributed by atoms with Crippen molar-refractivity contribution in [3.63, 3.8) is 0 Å². The van der Waals surface area contributed by atoms with Gasteiger partial charge in [-0.2, -0.15) is 5.10 Å². The number of hydrogen-bond donors (Lipinski definition) is 1. The molecule has 0 fully saturated rings. The molecular weight excluding hydrogens is 234 g/mol. The zero-order valence-corrected chi connectivity index (χ0v) is 10.5. The average Bonchev–Trinajstić information content (AvgIpc) is 2.84. The van der Waals surface area contributed by atoms with E-state index in [0.29, 0.717) is 0 Å². The molecule has 1 aromatic heterocycles. The van der Waals surface area contributed by atoms with E-state index in [1.807, 2.05) is 28.9 Å². The van der Waals surface area contributed by atoms with Crippen LogP contribution < -0.4 is 0 Å². The van der Waals surface area contributed by atoms with Crippen molar-refractivity contribution in [2.75, 3.05) is 0 Å². The quantitative estimate of drug-likeness (QED) is 0.824. The first kappa shape index (κ1) is 12.1. The Hall–Kier alpha value is -1.33. The van der Waals surface area contributed by atoms with Crippen molar-refractivity contribution in [1.29, 1.82) is 0 Å². The maximum Gasteiger partial charge on any atom is 0.138 e. The second-order valence-corrected chi connectivity index (χ2v) is 4.63. The maximum absolute atomic E-state index is 8.95. The SMILES string of the molecule is CCn1ncnc1CSc1ccc(CO)cc1. The van der Waals surface area contributed by atoms with Gasteiger partial charge in [-0.3, -0.25) is 0 Å². The summed E-state index contributed by atoms with van der Waals surface area (Å²) in [5.41, 5.74) is 0.936. The molecule has 0 unspecified atom stereocenters. The molecule has 90 valence electrons. The van der Waals surface area contributed by atoms with E-state index in [-0.39, 0.29) is 6.61 Å². The van der Waals surface area contributed by atoms with Crippen LogP contribution in [0.5, 0.6) is 0 Å². The third-order valence-corrected chi connectivity index (χ3v) is 3.48. The van der Waals surface area contributed by atoms with Crippen molar-refractivity contribution >= 4 is 11.8 Å². The second-order valence-electron chi connectivity index (χ2n) is 3.58. The molecule has 0 radical (unpaired) electrons. The van der Waals surface area contributed by atoms with Gasteiger partial charge in [0.15, 0.2) is 0 Å². The third kappa shape index (κ3) is 3.08. The smallest absolute Gasteiger partial charge is 0.138 e. The fourth-order valence-electron chi connectivity index (χ4n) is 1.50. The van der Waals surface area contributed by atoms with Crippen molar-refractivity contribution in [2.45, 2.75) is 30.7 Å². The molecular formula is C12H15N3OS. The van der Waals surface area contributed by atoms with Gasteiger partial charge in [0.05, 0.1) is 12.4 Å². The number of rotatable bonds is 5. The van der Waals surface area contributed by atoms with Crippen molar-refractivity contribution in [2.24, 2.45) is 0 Å². The summed E-state index contributed by atoms with van der Waals surface area (Å²) in [6.45, 7) is 2.99. The zero-order valence-electron chi connectivity index (χ0n) is 9.71. The lowest BCUT2D eigenvalue weighted by Crippen LogP contribution is -2.01. The standard InChI is InChI=1S/C12H15N3OS/c1-2-15-12(13-9-14-15)8-17-11-5-3-10(7-16)4-6-11/h3-6,9,16H,2,7-8H2,1H3. The summed E-state index contributed by atoms with van der Waals surface area (Å²) in [7, 11) is 0. The predicted octanol–water partition coefficient (Wildman–Crippen LogP) is 2.08. The van der Waals surface area contributed by atoms with Crippen LogP contribution in [0.3, 0.4) is 0 Å². The zero-order chi connectivity index (χ0) is 12.1. The summed E-state index contributed by atoms with van der Waals surface area (Å²) in [6.07, 6.45) is 1.59. The first-order valence-electron chi connectivity index (χ1n) is 5.52. The molecule has 1 N–H and O–H groups in total. The van der Waals surface area contributed by atoms with E-state index < -0.39 is 0 Å². The Bertz CT molecular complexity index is 467. The van der Waals surface area contributed by atoms with Crippen LogP contribution in [0, 0.1) is 0 Å². The van der Waals surface area contributed by atoms with E-state index in [1.54, 1.807) is 18.1 Å². The molecule has 0 spiro atoms. The molecule has 0 atom stereocenters. The van der Waals surface area contributed by atoms with Gasteiger partial charge in [-0.1, -0.05) is 12.1 Å². The Balaban J connectivity index is 1.97. The van der Waals surface area contributed by atoms with E-state index in [9.17, 15) is 0 Å². The van der Waals surface area contributed by atoms with Crippen LogP contribution in [-0.2, 0) is 18.9 Å². The number of aromatic nitrogens is 3. The minimum atomic E-state index is 0.0924. The lowest BCUT2D eigenvalue weighted by molar-refractivity contribution is 0.282. The molecule has 0 saturated carbocycles. The van der Waals surface area contributed by atoms with Crippen LogP contribution in [0.4, 0.5) is 0 Å². The van der Waals surface area contributed by atoms with Gasteiger partial charge < -0.3 is 5.11 Å². The Labute approximate surface area is 105 Å². The van der Waals surface area contributed by atoms with Gasteiger partial charge in [0.25, 0.3) is 0 Å². The molecule has 0 amide bonds. The molecule has 4 nitrogen and oxygen atoms in total. The van der Waals surface area contributed by atoms with Crippen molar-refractivity contribution in [3.05, 3.63) is 42.0 Å². The Kier molecular flexibility index (Phi) is 4.17. The van der Waals surface area contributed by atoms with Gasteiger partial charge in [0, 0.05) is 11.4 Å². The molecule has 2 rings (SSSR count). The monoisotopic (exact) mass is 249 g/mol. The third-order valence-electron chi connectivity index (χ3n) is 2.47. The lowest BCUT2D eigenvalue weighted by Gasteiger charge is -2.03. The van der Waals surface area contributed by atoms with Crippen LogP contribution in [0.15, 0.2) is 35.5 Å². The van der Waals surface area contributed by atoms with E-state index >= 15 is 0 Å². The highest BCUT2D eigenvalue weighted by Gasteiger charge is 2.03. The Morgan fingerprint density at radius 1 is 1.29 bits per heavy atom. The molecule has 0 aliphatic rings. The number of hydrogen-bond acceptors (Lipinski definition) is 4. The molecule has 17 heavy (non-hydrogen) atoms. The van der Waals surface area contributed by atoms with Crippen LogP contribution in [0.2, 0.25) is 0 Å². The first-order valence-corrected chi connectivity index (χ1v) is 6.51. The summed E-state index contributed by atoms with van der Waals surface area (Å²) in [4.78, 5) is 5.40. The van der Waals surface area contributed by atoms with E-state index in [0.717, 1.165) is 23.7 Å². The summed E-state index contributed by atoms with van der Waals surface area (Å²) < 4.78 is 1.90. The van der Waals surface area contributed by atoms with Gasteiger partial charge in [0.1, 0.15) is 12.2 Å². The van der Waals surface area contributed by atoms with Gasteiger partial charge in [-0.25, -0.2) is 9.67 Å². The number of aryl methyl sites for hydroxylation is 1. The average molecular weight is 249 g/mol. The molecule has 0 aliphatic heterocycles. The maximum atomic E-state index is 8.95. The van der Waals surface area contributed by atoms with Crippen molar-refractivity contribution in [1.82, 2.24) is 14.8 Å². The van der Waals surface area contributed by atoms with Crippen LogP contribution >= 0.6 is 11.8 Å². The molecule has 0 aliphatic carbocycles. The summed E-state index contributed by atoms with van der Waals surface area (Å²) in [5.74, 6) is 1.80. The highest BCUT2D eigenvalue weighted by atomic mass is 32.2. The number of nitrogens with zero attached hydrogens (tertiary/aromatic N) is 3. The molecule has 5 heteroatoms. The minimum Gasteiger partial charge on any atom is -0.392 e. The molecule has 0 saturated heterocycles. The van der Waals surface area contributed by atoms with E-state index in [1.165, 1.54) is 4.90 Å². The van der Waals surface area contributed by atoms with Crippen LogP contribution in [0.1, 0.15) is 18.3 Å². The van der Waals surface area contributed by atoms with Crippen LogP contribution in [-0.4, -0.2) is 19.9 Å². The first-order chi connectivity index (χ1) is 8.33. The van der Waals surface area contributed by atoms with Gasteiger partial charge in [0.2, 0.25) is 0 Å². The molecule has 1 heterocycles. The van der Waals surface area contributed by atoms with Gasteiger partial charge in [-0.15, -0.1) is 11.8 Å². The highest BCUT2D eigenvalue weighted by molar-refractivity contribution is 7.98. The predicted molar refractivity (Wildman–Crippen MR) is 67.6 cm³/mol. The number of aliphatic hydroxyl groups excluding tert-OH is 1. The largest absolute Gasteiger partial charge is 0.392 e. The number of aliphatic hydroxyl groups is 1. The van der Waals surface area contributed by atoms with Crippen molar-refractivity contribution in [3.8, 4) is 0 Å². The number of thioether (sulfide) groups is 1. The minimum absolute atomic E-state index is 0.0924. The number of benzene rings is 1. The Morgan fingerprint density at radius 2 is 2.06 bits per heavy atom.